The van der Waals surface area contributed by atoms with E-state index in [0.717, 1.165) is 29.7 Å². The molecule has 2 aliphatic rings. The Morgan fingerprint density at radius 3 is 2.88 bits per heavy atom. The fourth-order valence-corrected chi connectivity index (χ4v) is 5.57. The fraction of sp³-hybridized carbons (Fsp3) is 0.846. The van der Waals surface area contributed by atoms with E-state index >= 15 is 0 Å². The van der Waals surface area contributed by atoms with Gasteiger partial charge < -0.3 is 0 Å². The molecule has 0 amide bonds. The van der Waals surface area contributed by atoms with Crippen molar-refractivity contribution in [2.45, 2.75) is 36.5 Å². The van der Waals surface area contributed by atoms with Crippen LogP contribution in [0, 0.1) is 5.92 Å². The van der Waals surface area contributed by atoms with Gasteiger partial charge in [-0.05, 0) is 0 Å². The quantitative estimate of drug-likeness (QED) is 0.513. The van der Waals surface area contributed by atoms with E-state index in [9.17, 15) is 0 Å². The zero-order valence-electron chi connectivity index (χ0n) is 10.1. The Morgan fingerprint density at radius 2 is 2.19 bits per heavy atom. The Bertz CT molecular complexity index is 234. The van der Waals surface area contributed by atoms with Crippen LogP contribution in [0.25, 0.3) is 0 Å². The second-order valence-corrected chi connectivity index (χ2v) is 8.19. The molecule has 94 valence electrons. The first-order valence-electron chi connectivity index (χ1n) is 6.32. The first kappa shape index (κ1) is 12.7. The van der Waals surface area contributed by atoms with E-state index in [1.54, 1.807) is 5.57 Å². The predicted octanol–water partition coefficient (Wildman–Crippen LogP) is -0.415. The van der Waals surface area contributed by atoms with Crippen molar-refractivity contribution >= 4 is 0 Å². The van der Waals surface area contributed by atoms with E-state index in [1.807, 2.05) is 6.26 Å². The molecule has 0 aromatic heterocycles. The third kappa shape index (κ3) is 3.91. The molecule has 2 heterocycles. The van der Waals surface area contributed by atoms with Crippen molar-refractivity contribution < 1.29 is 30.7 Å². The third-order valence-electron chi connectivity index (χ3n) is 3.28. The molecule has 16 heavy (non-hydrogen) atoms. The summed E-state index contributed by atoms with van der Waals surface area (Å²) in [5.41, 5.74) is 1.55. The summed E-state index contributed by atoms with van der Waals surface area (Å²) >= 11 is 0.360. The van der Waals surface area contributed by atoms with Crippen molar-refractivity contribution in [2.75, 3.05) is 24.2 Å². The zero-order valence-corrected chi connectivity index (χ0v) is 12.2. The molecule has 2 rings (SSSR count). The van der Waals surface area contributed by atoms with Crippen molar-refractivity contribution in [2.24, 2.45) is 5.92 Å². The van der Waals surface area contributed by atoms with E-state index in [2.05, 4.69) is 6.92 Å². The van der Waals surface area contributed by atoms with Gasteiger partial charge in [-0.1, -0.05) is 0 Å². The second kappa shape index (κ2) is 6.84. The molecule has 2 aliphatic heterocycles. The van der Waals surface area contributed by atoms with Crippen LogP contribution in [0.2, 0.25) is 0 Å². The summed E-state index contributed by atoms with van der Waals surface area (Å²) < 4.78 is 13.3. The second-order valence-electron chi connectivity index (χ2n) is 4.66. The van der Waals surface area contributed by atoms with Gasteiger partial charge in [0.15, 0.2) is 0 Å². The number of allylic oxidation sites excluding steroid dienone is 1. The molecular formula is C13H22IO2-. The topological polar surface area (TPSA) is 18.5 Å². The average molecular weight is 337 g/mol. The maximum atomic E-state index is 5.43. The summed E-state index contributed by atoms with van der Waals surface area (Å²) in [6.07, 6.45) is 7.14. The van der Waals surface area contributed by atoms with Crippen molar-refractivity contribution in [1.82, 2.24) is 0 Å². The summed E-state index contributed by atoms with van der Waals surface area (Å²) in [5, 5.41) is 0. The van der Waals surface area contributed by atoms with E-state index < -0.39 is 0 Å². The van der Waals surface area contributed by atoms with Crippen LogP contribution in [-0.2, 0) is 9.47 Å². The fourth-order valence-electron chi connectivity index (χ4n) is 2.13. The number of halogens is 1. The Balaban J connectivity index is 1.69. The van der Waals surface area contributed by atoms with Crippen LogP contribution >= 0.6 is 0 Å². The summed E-state index contributed by atoms with van der Waals surface area (Å²) in [6.45, 7) is 5.31. The number of alkyl halides is 2. The van der Waals surface area contributed by atoms with Gasteiger partial charge >= 0.3 is 109 Å². The zero-order chi connectivity index (χ0) is 11.2. The van der Waals surface area contributed by atoms with Crippen molar-refractivity contribution in [3.63, 3.8) is 0 Å². The molecule has 0 bridgehead atoms. The Morgan fingerprint density at radius 1 is 1.38 bits per heavy atom. The van der Waals surface area contributed by atoms with Gasteiger partial charge in [-0.25, -0.2) is 0 Å². The number of ether oxygens (including phenoxy) is 2. The van der Waals surface area contributed by atoms with Gasteiger partial charge in [0.25, 0.3) is 0 Å². The van der Waals surface area contributed by atoms with E-state index in [4.69, 9.17) is 9.47 Å². The van der Waals surface area contributed by atoms with Gasteiger partial charge in [-0.2, -0.15) is 0 Å². The van der Waals surface area contributed by atoms with Crippen LogP contribution in [0.5, 0.6) is 0 Å². The van der Waals surface area contributed by atoms with Crippen molar-refractivity contribution in [1.29, 1.82) is 0 Å². The monoisotopic (exact) mass is 337 g/mol. The van der Waals surface area contributed by atoms with Gasteiger partial charge in [0.1, 0.15) is 0 Å². The van der Waals surface area contributed by atoms with Gasteiger partial charge in [0, 0.05) is 0 Å². The summed E-state index contributed by atoms with van der Waals surface area (Å²) in [6, 6.07) is 0. The molecule has 3 heteroatoms. The molecular weight excluding hydrogens is 315 g/mol. The van der Waals surface area contributed by atoms with Crippen LogP contribution in [0.3, 0.4) is 0 Å². The molecule has 0 aromatic rings. The number of hydrogen-bond acceptors (Lipinski definition) is 2. The Hall–Kier alpha value is 0.230. The first-order valence-corrected chi connectivity index (χ1v) is 9.09. The van der Waals surface area contributed by atoms with Crippen molar-refractivity contribution in [3.8, 4) is 0 Å². The molecule has 0 N–H and O–H groups in total. The predicted molar refractivity (Wildman–Crippen MR) is 61.1 cm³/mol. The Labute approximate surface area is 109 Å². The van der Waals surface area contributed by atoms with Crippen LogP contribution in [0.1, 0.15) is 32.6 Å². The minimum absolute atomic E-state index is 0.360. The third-order valence-corrected chi connectivity index (χ3v) is 7.61. The molecule has 1 atom stereocenters. The first-order chi connectivity index (χ1) is 7.86. The normalized spacial score (nSPS) is 24.9. The molecule has 0 unspecified atom stereocenters. The summed E-state index contributed by atoms with van der Waals surface area (Å²) in [5.74, 6) is 0.760. The van der Waals surface area contributed by atoms with Crippen LogP contribution < -0.4 is 21.2 Å². The van der Waals surface area contributed by atoms with Gasteiger partial charge in [0.05, 0.1) is 0 Å². The van der Waals surface area contributed by atoms with Gasteiger partial charge in [0.2, 0.25) is 0 Å². The number of hydrogen-bond donors (Lipinski definition) is 0. The van der Waals surface area contributed by atoms with E-state index in [1.165, 1.54) is 30.1 Å². The summed E-state index contributed by atoms with van der Waals surface area (Å²) in [4.78, 5) is 0. The number of rotatable bonds is 4. The standard InChI is InChI=1S/C13H22IO2/c1-11(12-3-2-6-16-10-12)9-14-13-4-7-15-8-5-13/h10-11,13H,2-9H2,1H3/q-1/t11-/m1/s1. The van der Waals surface area contributed by atoms with Crippen LogP contribution in [-0.4, -0.2) is 28.2 Å². The van der Waals surface area contributed by atoms with E-state index in [-0.39, 0.29) is 0 Å². The van der Waals surface area contributed by atoms with Gasteiger partial charge in [-0.15, -0.1) is 0 Å². The Kier molecular flexibility index (Phi) is 5.42. The molecule has 0 radical (unpaired) electrons. The van der Waals surface area contributed by atoms with Crippen LogP contribution in [0.15, 0.2) is 11.8 Å². The molecule has 2 nitrogen and oxygen atoms in total. The molecule has 0 aliphatic carbocycles. The molecule has 1 fully saturated rings. The SMILES string of the molecule is C[C@H](C[I-]C1CCOCC1)C1=COCCC1. The molecule has 0 saturated carbocycles. The summed E-state index contributed by atoms with van der Waals surface area (Å²) in [7, 11) is 0. The maximum absolute atomic E-state index is 5.43. The average Bonchev–Trinajstić information content (AvgIpc) is 2.38. The van der Waals surface area contributed by atoms with Crippen molar-refractivity contribution in [3.05, 3.63) is 11.8 Å². The molecule has 1 saturated heterocycles. The van der Waals surface area contributed by atoms with Crippen LogP contribution in [0.4, 0.5) is 0 Å². The minimum atomic E-state index is 0.360. The molecule has 0 aromatic carbocycles. The van der Waals surface area contributed by atoms with Gasteiger partial charge in [-0.3, -0.25) is 0 Å². The molecule has 0 spiro atoms. The van der Waals surface area contributed by atoms with E-state index in [0.29, 0.717) is 21.2 Å².